The summed E-state index contributed by atoms with van der Waals surface area (Å²) in [6.45, 7) is 2.02. The van der Waals surface area contributed by atoms with Crippen LogP contribution in [0.25, 0.3) is 16.7 Å². The van der Waals surface area contributed by atoms with Gasteiger partial charge in [0.15, 0.2) is 4.77 Å². The molecular weight excluding hydrogens is 327 g/mol. The van der Waals surface area contributed by atoms with E-state index in [1.165, 1.54) is 12.1 Å². The van der Waals surface area contributed by atoms with Crippen molar-refractivity contribution in [3.05, 3.63) is 57.0 Å². The topological polar surface area (TPSA) is 20.7 Å². The standard InChI is InChI=1S/C14H10BrFN2S/c1-8-2-5-12-11(6-8)17-14(19)18(12)13-7-9(16)3-4-10(13)15/h2-7H,1H3,(H,17,19). The third-order valence-corrected chi connectivity index (χ3v) is 3.94. The van der Waals surface area contributed by atoms with Gasteiger partial charge in [0.2, 0.25) is 0 Å². The first-order chi connectivity index (χ1) is 9.06. The highest BCUT2D eigenvalue weighted by Gasteiger charge is 2.10. The number of rotatable bonds is 1. The van der Waals surface area contributed by atoms with Gasteiger partial charge in [0, 0.05) is 4.47 Å². The van der Waals surface area contributed by atoms with Crippen molar-refractivity contribution >= 4 is 39.2 Å². The van der Waals surface area contributed by atoms with Gasteiger partial charge in [-0.25, -0.2) is 4.39 Å². The lowest BCUT2D eigenvalue weighted by Crippen LogP contribution is -1.96. The van der Waals surface area contributed by atoms with Gasteiger partial charge in [-0.3, -0.25) is 4.57 Å². The molecule has 1 N–H and O–H groups in total. The Morgan fingerprint density at radius 3 is 2.79 bits per heavy atom. The third-order valence-electron chi connectivity index (χ3n) is 2.99. The summed E-state index contributed by atoms with van der Waals surface area (Å²) in [6, 6.07) is 10.6. The Morgan fingerprint density at radius 2 is 2.00 bits per heavy atom. The van der Waals surface area contributed by atoms with Crippen molar-refractivity contribution < 1.29 is 4.39 Å². The first-order valence-electron chi connectivity index (χ1n) is 5.73. The van der Waals surface area contributed by atoms with Crippen LogP contribution in [0.2, 0.25) is 0 Å². The Balaban J connectivity index is 2.39. The monoisotopic (exact) mass is 336 g/mol. The van der Waals surface area contributed by atoms with E-state index in [2.05, 4.69) is 20.9 Å². The highest BCUT2D eigenvalue weighted by atomic mass is 79.9. The molecule has 2 aromatic carbocycles. The molecule has 0 radical (unpaired) electrons. The summed E-state index contributed by atoms with van der Waals surface area (Å²) in [7, 11) is 0. The molecule has 1 heterocycles. The number of H-pyrrole nitrogens is 1. The lowest BCUT2D eigenvalue weighted by Gasteiger charge is -2.07. The van der Waals surface area contributed by atoms with Crippen LogP contribution in [0.1, 0.15) is 5.56 Å². The zero-order chi connectivity index (χ0) is 13.6. The van der Waals surface area contributed by atoms with Gasteiger partial charge in [0.1, 0.15) is 5.82 Å². The van der Waals surface area contributed by atoms with Crippen molar-refractivity contribution in [2.45, 2.75) is 6.92 Å². The SMILES string of the molecule is Cc1ccc2c(c1)[nH]c(=S)n2-c1cc(F)ccc1Br. The molecule has 0 unspecified atom stereocenters. The predicted octanol–water partition coefficient (Wildman–Crippen LogP) is 4.90. The van der Waals surface area contributed by atoms with E-state index in [4.69, 9.17) is 12.2 Å². The minimum Gasteiger partial charge on any atom is -0.330 e. The molecule has 0 aliphatic heterocycles. The van der Waals surface area contributed by atoms with Gasteiger partial charge < -0.3 is 4.98 Å². The van der Waals surface area contributed by atoms with Crippen LogP contribution in [0.5, 0.6) is 0 Å². The molecular formula is C14H10BrFN2S. The molecule has 0 amide bonds. The number of aryl methyl sites for hydroxylation is 1. The van der Waals surface area contributed by atoms with E-state index in [-0.39, 0.29) is 5.82 Å². The van der Waals surface area contributed by atoms with E-state index in [1.54, 1.807) is 6.07 Å². The number of halogens is 2. The van der Waals surface area contributed by atoms with Crippen LogP contribution in [0, 0.1) is 17.5 Å². The maximum Gasteiger partial charge on any atom is 0.182 e. The zero-order valence-corrected chi connectivity index (χ0v) is 12.5. The lowest BCUT2D eigenvalue weighted by atomic mass is 10.2. The number of benzene rings is 2. The number of nitrogens with one attached hydrogen (secondary N) is 1. The summed E-state index contributed by atoms with van der Waals surface area (Å²) in [6.07, 6.45) is 0. The van der Waals surface area contributed by atoms with Crippen LogP contribution in [0.4, 0.5) is 4.39 Å². The summed E-state index contributed by atoms with van der Waals surface area (Å²) in [5.74, 6) is -0.290. The first-order valence-corrected chi connectivity index (χ1v) is 6.93. The predicted molar refractivity (Wildman–Crippen MR) is 80.9 cm³/mol. The van der Waals surface area contributed by atoms with Gasteiger partial charge in [-0.15, -0.1) is 0 Å². The number of imidazole rings is 1. The van der Waals surface area contributed by atoms with Crippen LogP contribution < -0.4 is 0 Å². The number of hydrogen-bond donors (Lipinski definition) is 1. The van der Waals surface area contributed by atoms with Gasteiger partial charge in [-0.2, -0.15) is 0 Å². The Bertz CT molecular complexity index is 835. The van der Waals surface area contributed by atoms with Crippen molar-refractivity contribution in [1.82, 2.24) is 9.55 Å². The van der Waals surface area contributed by atoms with Gasteiger partial charge >= 0.3 is 0 Å². The maximum absolute atomic E-state index is 13.5. The molecule has 0 saturated carbocycles. The molecule has 0 spiro atoms. The van der Waals surface area contributed by atoms with Gasteiger partial charge in [-0.05, 0) is 71.0 Å². The highest BCUT2D eigenvalue weighted by Crippen LogP contribution is 2.27. The first kappa shape index (κ1) is 12.6. The molecule has 3 rings (SSSR count). The second-order valence-electron chi connectivity index (χ2n) is 4.38. The smallest absolute Gasteiger partial charge is 0.182 e. The normalized spacial score (nSPS) is 11.1. The van der Waals surface area contributed by atoms with E-state index in [1.807, 2.05) is 29.7 Å². The van der Waals surface area contributed by atoms with E-state index in [0.717, 1.165) is 21.1 Å². The summed E-state index contributed by atoms with van der Waals surface area (Å²) in [5.41, 5.74) is 3.72. The fourth-order valence-electron chi connectivity index (χ4n) is 2.12. The van der Waals surface area contributed by atoms with Crippen molar-refractivity contribution in [2.24, 2.45) is 0 Å². The third kappa shape index (κ3) is 2.13. The molecule has 0 saturated heterocycles. The minimum absolute atomic E-state index is 0.290. The summed E-state index contributed by atoms with van der Waals surface area (Å²) >= 11 is 8.78. The van der Waals surface area contributed by atoms with E-state index in [9.17, 15) is 4.39 Å². The van der Waals surface area contributed by atoms with Crippen LogP contribution in [-0.2, 0) is 0 Å². The van der Waals surface area contributed by atoms with Crippen molar-refractivity contribution in [2.75, 3.05) is 0 Å². The van der Waals surface area contributed by atoms with Crippen molar-refractivity contribution in [3.63, 3.8) is 0 Å². The van der Waals surface area contributed by atoms with Crippen molar-refractivity contribution in [3.8, 4) is 5.69 Å². The van der Waals surface area contributed by atoms with Crippen LogP contribution in [-0.4, -0.2) is 9.55 Å². The molecule has 0 aliphatic carbocycles. The number of fused-ring (bicyclic) bond motifs is 1. The molecule has 0 fully saturated rings. The Morgan fingerprint density at radius 1 is 1.21 bits per heavy atom. The molecule has 0 aliphatic rings. The molecule has 1 aromatic heterocycles. The Kier molecular flexibility index (Phi) is 3.03. The van der Waals surface area contributed by atoms with E-state index in [0.29, 0.717) is 10.5 Å². The second kappa shape index (κ2) is 4.58. The van der Waals surface area contributed by atoms with Crippen LogP contribution in [0.15, 0.2) is 40.9 Å². The average Bonchev–Trinajstić information content (AvgIpc) is 2.67. The number of nitrogens with zero attached hydrogens (tertiary/aromatic N) is 1. The molecule has 19 heavy (non-hydrogen) atoms. The summed E-state index contributed by atoms with van der Waals surface area (Å²) in [5, 5.41) is 0. The Labute approximate surface area is 123 Å². The number of aromatic nitrogens is 2. The number of aromatic amines is 1. The number of hydrogen-bond acceptors (Lipinski definition) is 1. The van der Waals surface area contributed by atoms with E-state index >= 15 is 0 Å². The van der Waals surface area contributed by atoms with Crippen molar-refractivity contribution in [1.29, 1.82) is 0 Å². The van der Waals surface area contributed by atoms with Gasteiger partial charge in [0.25, 0.3) is 0 Å². The van der Waals surface area contributed by atoms with Crippen LogP contribution >= 0.6 is 28.1 Å². The largest absolute Gasteiger partial charge is 0.330 e. The molecule has 2 nitrogen and oxygen atoms in total. The lowest BCUT2D eigenvalue weighted by molar-refractivity contribution is 0.626. The fourth-order valence-corrected chi connectivity index (χ4v) is 2.85. The molecule has 96 valence electrons. The Hall–Kier alpha value is -1.46. The van der Waals surface area contributed by atoms with E-state index < -0.39 is 0 Å². The molecule has 5 heteroatoms. The average molecular weight is 337 g/mol. The molecule has 0 bridgehead atoms. The fraction of sp³-hybridized carbons (Fsp3) is 0.0714. The molecule has 3 aromatic rings. The second-order valence-corrected chi connectivity index (χ2v) is 5.62. The summed E-state index contributed by atoms with van der Waals surface area (Å²) < 4.78 is 16.6. The molecule has 0 atom stereocenters. The van der Waals surface area contributed by atoms with Crippen LogP contribution in [0.3, 0.4) is 0 Å². The van der Waals surface area contributed by atoms with Gasteiger partial charge in [0.05, 0.1) is 16.7 Å². The summed E-state index contributed by atoms with van der Waals surface area (Å²) in [4.78, 5) is 3.15. The maximum atomic E-state index is 13.5. The minimum atomic E-state index is -0.290. The zero-order valence-electron chi connectivity index (χ0n) is 10.1. The van der Waals surface area contributed by atoms with Gasteiger partial charge in [-0.1, -0.05) is 6.07 Å². The quantitative estimate of drug-likeness (QED) is 0.627. The highest BCUT2D eigenvalue weighted by molar-refractivity contribution is 9.10.